The predicted octanol–water partition coefficient (Wildman–Crippen LogP) is 2.71. The molecule has 2 heterocycles. The molecule has 124 valence electrons. The second kappa shape index (κ2) is 7.01. The molecule has 1 saturated heterocycles. The third kappa shape index (κ3) is 3.41. The van der Waals surface area contributed by atoms with Crippen molar-refractivity contribution >= 4 is 29.1 Å². The van der Waals surface area contributed by atoms with E-state index in [4.69, 9.17) is 11.6 Å². The Hall–Kier alpha value is -2.40. The average Bonchev–Trinajstić information content (AvgIpc) is 2.95. The molecule has 1 aromatic heterocycles. The van der Waals surface area contributed by atoms with E-state index in [0.29, 0.717) is 30.2 Å². The second-order valence-electron chi connectivity index (χ2n) is 5.82. The van der Waals surface area contributed by atoms with Crippen molar-refractivity contribution in [2.75, 3.05) is 11.4 Å². The molecule has 1 aliphatic rings. The lowest BCUT2D eigenvalue weighted by molar-refractivity contribution is -0.132. The molecule has 1 atom stereocenters. The Kier molecular flexibility index (Phi) is 4.81. The molecule has 3 rings (SSSR count). The lowest BCUT2D eigenvalue weighted by Crippen LogP contribution is -2.36. The fourth-order valence-corrected chi connectivity index (χ4v) is 3.13. The number of hydrogen-bond acceptors (Lipinski definition) is 3. The zero-order valence-electron chi connectivity index (χ0n) is 13.3. The summed E-state index contributed by atoms with van der Waals surface area (Å²) in [5, 5.41) is 3.31. The number of nitrogens with zero attached hydrogens (tertiary/aromatic N) is 2. The molecule has 1 aromatic carbocycles. The number of pyridine rings is 1. The maximum absolute atomic E-state index is 12.6. The first kappa shape index (κ1) is 16.5. The highest BCUT2D eigenvalue weighted by Gasteiger charge is 2.38. The minimum atomic E-state index is -0.675. The van der Waals surface area contributed by atoms with Crippen molar-refractivity contribution < 1.29 is 9.59 Å². The van der Waals surface area contributed by atoms with Gasteiger partial charge in [-0.15, -0.1) is 0 Å². The first-order valence-electron chi connectivity index (χ1n) is 7.81. The number of carbonyl (C=O) groups excluding carboxylic acids is 2. The van der Waals surface area contributed by atoms with Crippen LogP contribution in [0.1, 0.15) is 17.7 Å². The van der Waals surface area contributed by atoms with Gasteiger partial charge in [-0.05, 0) is 43.2 Å². The summed E-state index contributed by atoms with van der Waals surface area (Å²) in [6, 6.07) is 11.0. The van der Waals surface area contributed by atoms with Crippen LogP contribution in [-0.4, -0.2) is 23.3 Å². The standard InChI is InChI=1S/C18H18ClN3O2/c1-12-5-6-16(15(19)10-12)22-9-7-14(18(22)24)17(23)21-11-13-4-2-3-8-20-13/h2-6,8,10,14H,7,9,11H2,1H3,(H,21,23). The van der Waals surface area contributed by atoms with E-state index in [1.807, 2.05) is 43.3 Å². The number of carbonyl (C=O) groups is 2. The monoisotopic (exact) mass is 343 g/mol. The molecule has 0 saturated carbocycles. The van der Waals surface area contributed by atoms with E-state index in [-0.39, 0.29) is 11.8 Å². The van der Waals surface area contributed by atoms with Crippen LogP contribution in [-0.2, 0) is 16.1 Å². The number of halogens is 1. The number of hydrogen-bond donors (Lipinski definition) is 1. The second-order valence-corrected chi connectivity index (χ2v) is 6.23. The number of amides is 2. The molecule has 1 unspecified atom stereocenters. The normalized spacial score (nSPS) is 17.2. The van der Waals surface area contributed by atoms with Crippen LogP contribution in [0.15, 0.2) is 42.6 Å². The molecule has 0 bridgehead atoms. The van der Waals surface area contributed by atoms with Crippen molar-refractivity contribution in [3.8, 4) is 0 Å². The Labute approximate surface area is 145 Å². The molecule has 6 heteroatoms. The van der Waals surface area contributed by atoms with Crippen LogP contribution in [0.2, 0.25) is 5.02 Å². The number of aryl methyl sites for hydroxylation is 1. The Morgan fingerprint density at radius 2 is 2.21 bits per heavy atom. The minimum Gasteiger partial charge on any atom is -0.350 e. The number of nitrogens with one attached hydrogen (secondary N) is 1. The van der Waals surface area contributed by atoms with Gasteiger partial charge in [-0.25, -0.2) is 0 Å². The van der Waals surface area contributed by atoms with E-state index in [2.05, 4.69) is 10.3 Å². The van der Waals surface area contributed by atoms with Gasteiger partial charge in [-0.2, -0.15) is 0 Å². The van der Waals surface area contributed by atoms with Crippen LogP contribution in [0, 0.1) is 12.8 Å². The van der Waals surface area contributed by atoms with Gasteiger partial charge >= 0.3 is 0 Å². The van der Waals surface area contributed by atoms with Crippen molar-refractivity contribution in [2.24, 2.45) is 5.92 Å². The van der Waals surface area contributed by atoms with Crippen molar-refractivity contribution in [3.05, 3.63) is 58.9 Å². The Bertz CT molecular complexity index is 764. The smallest absolute Gasteiger partial charge is 0.239 e. The first-order chi connectivity index (χ1) is 11.6. The van der Waals surface area contributed by atoms with Gasteiger partial charge < -0.3 is 10.2 Å². The average molecular weight is 344 g/mol. The largest absolute Gasteiger partial charge is 0.350 e. The summed E-state index contributed by atoms with van der Waals surface area (Å²) < 4.78 is 0. The third-order valence-electron chi connectivity index (χ3n) is 4.09. The van der Waals surface area contributed by atoms with Crippen molar-refractivity contribution in [2.45, 2.75) is 19.9 Å². The summed E-state index contributed by atoms with van der Waals surface area (Å²) in [5.74, 6) is -1.15. The molecule has 1 fully saturated rings. The van der Waals surface area contributed by atoms with E-state index in [0.717, 1.165) is 11.3 Å². The Morgan fingerprint density at radius 3 is 2.92 bits per heavy atom. The lowest BCUT2D eigenvalue weighted by atomic mass is 10.1. The van der Waals surface area contributed by atoms with Crippen LogP contribution in [0.25, 0.3) is 0 Å². The lowest BCUT2D eigenvalue weighted by Gasteiger charge is -2.18. The van der Waals surface area contributed by atoms with Crippen molar-refractivity contribution in [3.63, 3.8) is 0 Å². The molecule has 5 nitrogen and oxygen atoms in total. The highest BCUT2D eigenvalue weighted by atomic mass is 35.5. The zero-order chi connectivity index (χ0) is 17.1. The topological polar surface area (TPSA) is 62.3 Å². The summed E-state index contributed by atoms with van der Waals surface area (Å²) in [5.41, 5.74) is 2.45. The molecule has 1 N–H and O–H groups in total. The first-order valence-corrected chi connectivity index (χ1v) is 8.19. The molecule has 1 aliphatic heterocycles. The molecule has 0 spiro atoms. The van der Waals surface area contributed by atoms with E-state index in [1.54, 1.807) is 11.1 Å². The summed E-state index contributed by atoms with van der Waals surface area (Å²) in [6.45, 7) is 2.74. The summed E-state index contributed by atoms with van der Waals surface area (Å²) in [4.78, 5) is 30.7. The van der Waals surface area contributed by atoms with Crippen LogP contribution < -0.4 is 10.2 Å². The highest BCUT2D eigenvalue weighted by Crippen LogP contribution is 2.32. The van der Waals surface area contributed by atoms with Crippen LogP contribution >= 0.6 is 11.6 Å². The zero-order valence-corrected chi connectivity index (χ0v) is 14.1. The summed E-state index contributed by atoms with van der Waals surface area (Å²) in [6.07, 6.45) is 2.15. The fraction of sp³-hybridized carbons (Fsp3) is 0.278. The quantitative estimate of drug-likeness (QED) is 0.868. The van der Waals surface area contributed by atoms with Crippen LogP contribution in [0.5, 0.6) is 0 Å². The van der Waals surface area contributed by atoms with Gasteiger partial charge in [0.05, 0.1) is 22.9 Å². The van der Waals surface area contributed by atoms with Crippen LogP contribution in [0.3, 0.4) is 0 Å². The predicted molar refractivity (Wildman–Crippen MR) is 92.7 cm³/mol. The number of benzene rings is 1. The van der Waals surface area contributed by atoms with E-state index in [1.165, 1.54) is 0 Å². The molecule has 2 amide bonds. The molecular weight excluding hydrogens is 326 g/mol. The number of aromatic nitrogens is 1. The van der Waals surface area contributed by atoms with Gasteiger partial charge in [0, 0.05) is 12.7 Å². The maximum Gasteiger partial charge on any atom is 0.239 e. The molecule has 2 aromatic rings. The van der Waals surface area contributed by atoms with Crippen molar-refractivity contribution in [1.82, 2.24) is 10.3 Å². The maximum atomic E-state index is 12.6. The third-order valence-corrected chi connectivity index (χ3v) is 4.39. The Morgan fingerprint density at radius 1 is 1.38 bits per heavy atom. The van der Waals surface area contributed by atoms with E-state index >= 15 is 0 Å². The van der Waals surface area contributed by atoms with Gasteiger partial charge in [-0.1, -0.05) is 23.7 Å². The van der Waals surface area contributed by atoms with Crippen LogP contribution in [0.4, 0.5) is 5.69 Å². The van der Waals surface area contributed by atoms with Gasteiger partial charge in [0.15, 0.2) is 0 Å². The van der Waals surface area contributed by atoms with E-state index < -0.39 is 5.92 Å². The van der Waals surface area contributed by atoms with E-state index in [9.17, 15) is 9.59 Å². The van der Waals surface area contributed by atoms with Gasteiger partial charge in [0.1, 0.15) is 5.92 Å². The summed E-state index contributed by atoms with van der Waals surface area (Å²) in [7, 11) is 0. The molecule has 24 heavy (non-hydrogen) atoms. The molecule has 0 radical (unpaired) electrons. The SMILES string of the molecule is Cc1ccc(N2CCC(C(=O)NCc3ccccn3)C2=O)c(Cl)c1. The number of rotatable bonds is 4. The number of anilines is 1. The highest BCUT2D eigenvalue weighted by molar-refractivity contribution is 6.34. The molecular formula is C18H18ClN3O2. The Balaban J connectivity index is 1.66. The fourth-order valence-electron chi connectivity index (χ4n) is 2.80. The van der Waals surface area contributed by atoms with Gasteiger partial charge in [0.2, 0.25) is 11.8 Å². The van der Waals surface area contributed by atoms with Gasteiger partial charge in [-0.3, -0.25) is 14.6 Å². The van der Waals surface area contributed by atoms with Gasteiger partial charge in [0.25, 0.3) is 0 Å². The molecule has 0 aliphatic carbocycles. The minimum absolute atomic E-state index is 0.209. The van der Waals surface area contributed by atoms with Crippen molar-refractivity contribution in [1.29, 1.82) is 0 Å². The summed E-state index contributed by atoms with van der Waals surface area (Å²) >= 11 is 6.24.